The van der Waals surface area contributed by atoms with Crippen LogP contribution in [0.2, 0.25) is 0 Å². The van der Waals surface area contributed by atoms with Gasteiger partial charge in [-0.05, 0) is 60.4 Å². The van der Waals surface area contributed by atoms with Crippen molar-refractivity contribution < 1.29 is 22.7 Å². The lowest BCUT2D eigenvalue weighted by Crippen LogP contribution is -2.50. The summed E-state index contributed by atoms with van der Waals surface area (Å²) in [6.45, 7) is 7.30. The Morgan fingerprint density at radius 2 is 1.76 bits per heavy atom. The summed E-state index contributed by atoms with van der Waals surface area (Å²) in [5.74, 6) is -0.0234. The number of aromatic nitrogens is 2. The van der Waals surface area contributed by atoms with Crippen molar-refractivity contribution in [2.75, 3.05) is 37.7 Å². The molecule has 0 spiro atoms. The number of hydrogen-bond acceptors (Lipinski definition) is 8. The van der Waals surface area contributed by atoms with Crippen molar-refractivity contribution in [1.82, 2.24) is 19.2 Å². The molecule has 0 saturated carbocycles. The number of amides is 2. The van der Waals surface area contributed by atoms with Gasteiger partial charge in [-0.25, -0.2) is 18.2 Å². The summed E-state index contributed by atoms with van der Waals surface area (Å²) in [4.78, 5) is 38.2. The molecule has 1 saturated heterocycles. The SMILES string of the molecule is CCOC(=O)N1CCN(S(=O)(=O)c2ccc(C(=O)N(Cc3cccnc3)c3nc4c(C(C)C)cccc4s3)cc2)CC1. The van der Waals surface area contributed by atoms with E-state index in [0.717, 1.165) is 21.3 Å². The maximum Gasteiger partial charge on any atom is 0.409 e. The molecule has 0 unspecified atom stereocenters. The number of ether oxygens (including phenoxy) is 1. The second-order valence-corrected chi connectivity index (χ2v) is 13.2. The van der Waals surface area contributed by atoms with E-state index in [1.807, 2.05) is 24.3 Å². The lowest BCUT2D eigenvalue weighted by atomic mass is 10.0. The number of para-hydroxylation sites is 1. The molecule has 220 valence electrons. The first-order valence-corrected chi connectivity index (χ1v) is 16.1. The molecule has 4 aromatic rings. The number of carbonyl (C=O) groups is 2. The Labute approximate surface area is 249 Å². The van der Waals surface area contributed by atoms with Gasteiger partial charge >= 0.3 is 6.09 Å². The lowest BCUT2D eigenvalue weighted by molar-refractivity contribution is 0.0933. The quantitative estimate of drug-likeness (QED) is 0.273. The third-order valence-electron chi connectivity index (χ3n) is 7.10. The van der Waals surface area contributed by atoms with E-state index < -0.39 is 16.1 Å². The fourth-order valence-electron chi connectivity index (χ4n) is 4.84. The van der Waals surface area contributed by atoms with Gasteiger partial charge in [0.2, 0.25) is 10.0 Å². The highest BCUT2D eigenvalue weighted by Crippen LogP contribution is 2.35. The number of nitrogens with zero attached hydrogens (tertiary/aromatic N) is 5. The predicted octanol–water partition coefficient (Wildman–Crippen LogP) is 5.12. The van der Waals surface area contributed by atoms with Crippen LogP contribution in [0.25, 0.3) is 10.2 Å². The number of pyridine rings is 1. The average molecular weight is 608 g/mol. The van der Waals surface area contributed by atoms with Crippen molar-refractivity contribution >= 4 is 48.7 Å². The molecule has 1 aliphatic rings. The number of benzene rings is 2. The van der Waals surface area contributed by atoms with Crippen LogP contribution in [0.1, 0.15) is 48.2 Å². The Morgan fingerprint density at radius 3 is 2.40 bits per heavy atom. The van der Waals surface area contributed by atoms with Crippen LogP contribution in [-0.4, -0.2) is 72.4 Å². The molecular formula is C30H33N5O5S2. The van der Waals surface area contributed by atoms with Crippen molar-refractivity contribution in [3.8, 4) is 0 Å². The van der Waals surface area contributed by atoms with Gasteiger partial charge in [0, 0.05) is 44.1 Å². The van der Waals surface area contributed by atoms with Crippen molar-refractivity contribution in [3.63, 3.8) is 0 Å². The van der Waals surface area contributed by atoms with Gasteiger partial charge in [-0.2, -0.15) is 4.31 Å². The molecule has 0 bridgehead atoms. The molecule has 0 radical (unpaired) electrons. The molecule has 0 N–H and O–H groups in total. The average Bonchev–Trinajstić information content (AvgIpc) is 3.44. The van der Waals surface area contributed by atoms with E-state index in [1.165, 1.54) is 44.8 Å². The lowest BCUT2D eigenvalue weighted by Gasteiger charge is -2.33. The zero-order valence-electron chi connectivity index (χ0n) is 23.8. The van der Waals surface area contributed by atoms with Crippen molar-refractivity contribution in [1.29, 1.82) is 0 Å². The minimum absolute atomic E-state index is 0.0870. The number of thiazole rings is 1. The van der Waals surface area contributed by atoms with E-state index in [4.69, 9.17) is 9.72 Å². The number of carbonyl (C=O) groups excluding carboxylic acids is 2. The molecule has 0 atom stereocenters. The molecule has 1 aliphatic heterocycles. The number of hydrogen-bond donors (Lipinski definition) is 0. The molecule has 2 aromatic carbocycles. The highest BCUT2D eigenvalue weighted by atomic mass is 32.2. The van der Waals surface area contributed by atoms with Crippen LogP contribution in [0.15, 0.2) is 71.9 Å². The summed E-state index contributed by atoms with van der Waals surface area (Å²) < 4.78 is 34.0. The van der Waals surface area contributed by atoms with Crippen LogP contribution in [0, 0.1) is 0 Å². The first-order chi connectivity index (χ1) is 20.2. The molecule has 1 fully saturated rings. The normalized spacial score (nSPS) is 14.3. The molecule has 0 aliphatic carbocycles. The van der Waals surface area contributed by atoms with Crippen LogP contribution >= 0.6 is 11.3 Å². The Kier molecular flexibility index (Phi) is 8.85. The maximum atomic E-state index is 13.9. The first kappa shape index (κ1) is 29.6. The summed E-state index contributed by atoms with van der Waals surface area (Å²) in [5.41, 5.74) is 3.17. The second kappa shape index (κ2) is 12.6. The second-order valence-electron chi connectivity index (χ2n) is 10.2. The number of sulfonamides is 1. The van der Waals surface area contributed by atoms with Crippen molar-refractivity contribution in [2.24, 2.45) is 0 Å². The fraction of sp³-hybridized carbons (Fsp3) is 0.333. The zero-order chi connectivity index (χ0) is 29.9. The Bertz CT molecular complexity index is 1670. The number of anilines is 1. The van der Waals surface area contributed by atoms with Crippen LogP contribution in [0.3, 0.4) is 0 Å². The first-order valence-electron chi connectivity index (χ1n) is 13.8. The minimum Gasteiger partial charge on any atom is -0.450 e. The van der Waals surface area contributed by atoms with Crippen LogP contribution in [-0.2, 0) is 21.3 Å². The number of fused-ring (bicyclic) bond motifs is 1. The summed E-state index contributed by atoms with van der Waals surface area (Å²) >= 11 is 1.44. The van der Waals surface area contributed by atoms with E-state index in [0.29, 0.717) is 10.7 Å². The van der Waals surface area contributed by atoms with Gasteiger partial charge in [-0.3, -0.25) is 14.7 Å². The molecule has 10 nitrogen and oxygen atoms in total. The maximum absolute atomic E-state index is 13.9. The molecule has 2 amide bonds. The molecule has 42 heavy (non-hydrogen) atoms. The van der Waals surface area contributed by atoms with Crippen molar-refractivity contribution in [3.05, 3.63) is 83.7 Å². The van der Waals surface area contributed by atoms with E-state index >= 15 is 0 Å². The zero-order valence-corrected chi connectivity index (χ0v) is 25.4. The molecule has 2 aromatic heterocycles. The van der Waals surface area contributed by atoms with Gasteiger partial charge in [-0.15, -0.1) is 0 Å². The predicted molar refractivity (Wildman–Crippen MR) is 162 cm³/mol. The van der Waals surface area contributed by atoms with E-state index in [1.54, 1.807) is 24.2 Å². The smallest absolute Gasteiger partial charge is 0.409 e. The topological polar surface area (TPSA) is 113 Å². The monoisotopic (exact) mass is 607 g/mol. The largest absolute Gasteiger partial charge is 0.450 e. The number of rotatable bonds is 8. The Hall–Kier alpha value is -3.87. The summed E-state index contributed by atoms with van der Waals surface area (Å²) in [6.07, 6.45) is 2.95. The highest BCUT2D eigenvalue weighted by Gasteiger charge is 2.31. The van der Waals surface area contributed by atoms with Gasteiger partial charge in [0.1, 0.15) is 0 Å². The Balaban J connectivity index is 1.40. The standard InChI is InChI=1S/C30H33N5O5S2/c1-4-40-30(37)33-15-17-34(18-16-33)42(38,39)24-12-10-23(11-13-24)28(36)35(20-22-7-6-14-31-19-22)29-32-27-25(21(2)3)8-5-9-26(27)41-29/h5-14,19,21H,4,15-18,20H2,1-3H3. The highest BCUT2D eigenvalue weighted by molar-refractivity contribution is 7.89. The molecular weight excluding hydrogens is 574 g/mol. The summed E-state index contributed by atoms with van der Waals surface area (Å²) in [7, 11) is -3.81. The van der Waals surface area contributed by atoms with E-state index in [-0.39, 0.29) is 56.1 Å². The Morgan fingerprint density at radius 1 is 1.02 bits per heavy atom. The van der Waals surface area contributed by atoms with E-state index in [9.17, 15) is 18.0 Å². The van der Waals surface area contributed by atoms with Crippen molar-refractivity contribution in [2.45, 2.75) is 38.1 Å². The number of piperazine rings is 1. The van der Waals surface area contributed by atoms with Gasteiger partial charge in [0.25, 0.3) is 5.91 Å². The third-order valence-corrected chi connectivity index (χ3v) is 10.1. The molecule has 5 rings (SSSR count). The van der Waals surface area contributed by atoms with Gasteiger partial charge in [-0.1, -0.05) is 43.4 Å². The molecule has 3 heterocycles. The fourth-order valence-corrected chi connectivity index (χ4v) is 7.26. The molecule has 12 heteroatoms. The third kappa shape index (κ3) is 6.15. The van der Waals surface area contributed by atoms with Crippen LogP contribution in [0.5, 0.6) is 0 Å². The minimum atomic E-state index is -3.81. The summed E-state index contributed by atoms with van der Waals surface area (Å²) in [5, 5.41) is 0.558. The van der Waals surface area contributed by atoms with Gasteiger partial charge in [0.15, 0.2) is 5.13 Å². The summed E-state index contributed by atoms with van der Waals surface area (Å²) in [6, 6.07) is 15.8. The van der Waals surface area contributed by atoms with Gasteiger partial charge < -0.3 is 9.64 Å². The van der Waals surface area contributed by atoms with Crippen LogP contribution < -0.4 is 4.90 Å². The van der Waals surface area contributed by atoms with Gasteiger partial charge in [0.05, 0.1) is 28.3 Å². The van der Waals surface area contributed by atoms with E-state index in [2.05, 4.69) is 24.9 Å². The van der Waals surface area contributed by atoms with Crippen LogP contribution in [0.4, 0.5) is 9.93 Å².